The predicted octanol–water partition coefficient (Wildman–Crippen LogP) is 1.39. The molecule has 0 aliphatic rings. The number of carboxylic acid groups (broad SMARTS) is 1. The van der Waals surface area contributed by atoms with Crippen LogP contribution in [-0.4, -0.2) is 36.0 Å². The van der Waals surface area contributed by atoms with Gasteiger partial charge in [-0.05, 0) is 30.7 Å². The van der Waals surface area contributed by atoms with Crippen LogP contribution in [0.2, 0.25) is 0 Å². The summed E-state index contributed by atoms with van der Waals surface area (Å²) in [6, 6.07) is 6.33. The first-order valence-corrected chi connectivity index (χ1v) is 7.02. The quantitative estimate of drug-likeness (QED) is 0.639. The fourth-order valence-corrected chi connectivity index (χ4v) is 1.58. The Morgan fingerprint density at radius 2 is 1.73 bits per heavy atom. The molecule has 0 atom stereocenters. The summed E-state index contributed by atoms with van der Waals surface area (Å²) in [4.78, 5) is 33.4. The van der Waals surface area contributed by atoms with Gasteiger partial charge in [-0.25, -0.2) is 4.79 Å². The monoisotopic (exact) mass is 308 g/mol. The van der Waals surface area contributed by atoms with Crippen LogP contribution in [0.3, 0.4) is 0 Å². The van der Waals surface area contributed by atoms with E-state index in [1.165, 1.54) is 0 Å². The SMILES string of the molecule is CCCNC(=O)CCC(=O)Nc1ccc(OCC(=O)O)cc1. The molecule has 1 aromatic carbocycles. The van der Waals surface area contributed by atoms with E-state index < -0.39 is 12.6 Å². The van der Waals surface area contributed by atoms with Crippen molar-refractivity contribution in [2.24, 2.45) is 0 Å². The summed E-state index contributed by atoms with van der Waals surface area (Å²) < 4.78 is 4.98. The summed E-state index contributed by atoms with van der Waals surface area (Å²) in [5.41, 5.74) is 0.557. The Labute approximate surface area is 128 Å². The molecular formula is C15H20N2O5. The van der Waals surface area contributed by atoms with E-state index in [9.17, 15) is 14.4 Å². The average Bonchev–Trinajstić information content (AvgIpc) is 2.50. The highest BCUT2D eigenvalue weighted by atomic mass is 16.5. The summed E-state index contributed by atoms with van der Waals surface area (Å²) in [6.07, 6.45) is 1.10. The highest BCUT2D eigenvalue weighted by Gasteiger charge is 2.07. The molecule has 0 aromatic heterocycles. The number of carboxylic acids is 1. The van der Waals surface area contributed by atoms with E-state index >= 15 is 0 Å². The first kappa shape index (κ1) is 17.5. The Hall–Kier alpha value is -2.57. The molecule has 0 unspecified atom stereocenters. The zero-order valence-electron chi connectivity index (χ0n) is 12.4. The third-order valence-corrected chi connectivity index (χ3v) is 2.65. The fourth-order valence-electron chi connectivity index (χ4n) is 1.58. The molecule has 0 saturated heterocycles. The highest BCUT2D eigenvalue weighted by Crippen LogP contribution is 2.15. The lowest BCUT2D eigenvalue weighted by Crippen LogP contribution is -2.25. The van der Waals surface area contributed by atoms with Crippen molar-refractivity contribution in [2.45, 2.75) is 26.2 Å². The van der Waals surface area contributed by atoms with Crippen LogP contribution in [0.1, 0.15) is 26.2 Å². The molecule has 0 bridgehead atoms. The molecule has 1 rings (SSSR count). The molecule has 1 aromatic rings. The number of amides is 2. The largest absolute Gasteiger partial charge is 0.482 e. The molecule has 0 fully saturated rings. The van der Waals surface area contributed by atoms with Crippen LogP contribution < -0.4 is 15.4 Å². The average molecular weight is 308 g/mol. The van der Waals surface area contributed by atoms with Crippen LogP contribution in [0.5, 0.6) is 5.75 Å². The molecule has 0 spiro atoms. The van der Waals surface area contributed by atoms with Crippen LogP contribution in [0.25, 0.3) is 0 Å². The van der Waals surface area contributed by atoms with E-state index in [2.05, 4.69) is 10.6 Å². The van der Waals surface area contributed by atoms with Gasteiger partial charge in [0.15, 0.2) is 6.61 Å². The minimum absolute atomic E-state index is 0.104. The predicted molar refractivity (Wildman–Crippen MR) is 80.7 cm³/mol. The maximum absolute atomic E-state index is 11.7. The maximum Gasteiger partial charge on any atom is 0.341 e. The van der Waals surface area contributed by atoms with E-state index in [1.807, 2.05) is 6.92 Å². The lowest BCUT2D eigenvalue weighted by atomic mass is 10.2. The second kappa shape index (κ2) is 9.38. The Kier molecular flexibility index (Phi) is 7.45. The van der Waals surface area contributed by atoms with Crippen LogP contribution in [-0.2, 0) is 14.4 Å². The number of anilines is 1. The van der Waals surface area contributed by atoms with Crippen LogP contribution in [0.15, 0.2) is 24.3 Å². The Morgan fingerprint density at radius 3 is 2.32 bits per heavy atom. The molecule has 120 valence electrons. The standard InChI is InChI=1S/C15H20N2O5/c1-2-9-16-13(18)7-8-14(19)17-11-3-5-12(6-4-11)22-10-15(20)21/h3-6H,2,7-10H2,1H3,(H,16,18)(H,17,19)(H,20,21). The minimum atomic E-state index is -1.06. The third-order valence-electron chi connectivity index (χ3n) is 2.65. The third kappa shape index (κ3) is 7.28. The molecule has 22 heavy (non-hydrogen) atoms. The van der Waals surface area contributed by atoms with Crippen molar-refractivity contribution in [3.63, 3.8) is 0 Å². The zero-order chi connectivity index (χ0) is 16.4. The van der Waals surface area contributed by atoms with Crippen molar-refractivity contribution in [3.8, 4) is 5.75 Å². The van der Waals surface area contributed by atoms with Gasteiger partial charge < -0.3 is 20.5 Å². The van der Waals surface area contributed by atoms with Crippen molar-refractivity contribution in [3.05, 3.63) is 24.3 Å². The Balaban J connectivity index is 2.35. The fraction of sp³-hybridized carbons (Fsp3) is 0.400. The van der Waals surface area contributed by atoms with Crippen molar-refractivity contribution >= 4 is 23.5 Å². The summed E-state index contributed by atoms with van der Waals surface area (Å²) in [6.45, 7) is 2.15. The molecule has 7 heteroatoms. The molecule has 0 aliphatic carbocycles. The van der Waals surface area contributed by atoms with Gasteiger partial charge in [-0.2, -0.15) is 0 Å². The molecule has 3 N–H and O–H groups in total. The lowest BCUT2D eigenvalue weighted by Gasteiger charge is -2.07. The topological polar surface area (TPSA) is 105 Å². The second-order valence-corrected chi connectivity index (χ2v) is 4.60. The van der Waals surface area contributed by atoms with Crippen molar-refractivity contribution < 1.29 is 24.2 Å². The van der Waals surface area contributed by atoms with Gasteiger partial charge in [0.1, 0.15) is 5.75 Å². The molecule has 0 heterocycles. The summed E-state index contributed by atoms with van der Waals surface area (Å²) in [7, 11) is 0. The van der Waals surface area contributed by atoms with Crippen molar-refractivity contribution in [1.29, 1.82) is 0 Å². The molecule has 0 aliphatic heterocycles. The van der Waals surface area contributed by atoms with Crippen LogP contribution in [0.4, 0.5) is 5.69 Å². The van der Waals surface area contributed by atoms with Gasteiger partial charge in [0.25, 0.3) is 0 Å². The van der Waals surface area contributed by atoms with Crippen LogP contribution in [0, 0.1) is 0 Å². The highest BCUT2D eigenvalue weighted by molar-refractivity contribution is 5.93. The van der Waals surface area contributed by atoms with Gasteiger partial charge in [0, 0.05) is 25.1 Å². The number of nitrogens with one attached hydrogen (secondary N) is 2. The van der Waals surface area contributed by atoms with Crippen molar-refractivity contribution in [1.82, 2.24) is 5.32 Å². The number of hydrogen-bond acceptors (Lipinski definition) is 4. The van der Waals surface area contributed by atoms with E-state index in [1.54, 1.807) is 24.3 Å². The molecule has 0 radical (unpaired) electrons. The minimum Gasteiger partial charge on any atom is -0.482 e. The molecule has 2 amide bonds. The van der Waals surface area contributed by atoms with E-state index in [0.717, 1.165) is 6.42 Å². The van der Waals surface area contributed by atoms with E-state index in [-0.39, 0.29) is 24.7 Å². The van der Waals surface area contributed by atoms with Gasteiger partial charge >= 0.3 is 5.97 Å². The lowest BCUT2D eigenvalue weighted by molar-refractivity contribution is -0.139. The van der Waals surface area contributed by atoms with Crippen molar-refractivity contribution in [2.75, 3.05) is 18.5 Å². The normalized spacial score (nSPS) is 9.86. The number of ether oxygens (including phenoxy) is 1. The van der Waals surface area contributed by atoms with E-state index in [4.69, 9.17) is 9.84 Å². The number of benzene rings is 1. The first-order valence-electron chi connectivity index (χ1n) is 7.02. The number of carbonyl (C=O) groups excluding carboxylic acids is 2. The smallest absolute Gasteiger partial charge is 0.341 e. The number of carbonyl (C=O) groups is 3. The summed E-state index contributed by atoms with van der Waals surface area (Å²) >= 11 is 0. The van der Waals surface area contributed by atoms with Gasteiger partial charge in [0.05, 0.1) is 0 Å². The van der Waals surface area contributed by atoms with Gasteiger partial charge in [-0.1, -0.05) is 6.92 Å². The summed E-state index contributed by atoms with van der Waals surface area (Å²) in [5.74, 6) is -1.06. The Morgan fingerprint density at radius 1 is 1.09 bits per heavy atom. The molecular weight excluding hydrogens is 288 g/mol. The van der Waals surface area contributed by atoms with Gasteiger partial charge in [-0.3, -0.25) is 9.59 Å². The Bertz CT molecular complexity index is 513. The molecule has 7 nitrogen and oxygen atoms in total. The number of aliphatic carboxylic acids is 1. The zero-order valence-corrected chi connectivity index (χ0v) is 12.4. The molecule has 0 saturated carbocycles. The number of hydrogen-bond donors (Lipinski definition) is 3. The van der Waals surface area contributed by atoms with Crippen LogP contribution >= 0.6 is 0 Å². The maximum atomic E-state index is 11.7. The van der Waals surface area contributed by atoms with Gasteiger partial charge in [0.2, 0.25) is 11.8 Å². The number of rotatable bonds is 9. The van der Waals surface area contributed by atoms with Gasteiger partial charge in [-0.15, -0.1) is 0 Å². The summed E-state index contributed by atoms with van der Waals surface area (Å²) in [5, 5.41) is 13.8. The second-order valence-electron chi connectivity index (χ2n) is 4.60. The van der Waals surface area contributed by atoms with E-state index in [0.29, 0.717) is 18.0 Å². The first-order chi connectivity index (χ1) is 10.5.